The van der Waals surface area contributed by atoms with Crippen molar-refractivity contribution in [1.29, 1.82) is 0 Å². The smallest absolute Gasteiger partial charge is 0.224 e. The molecule has 1 aromatic rings. The highest BCUT2D eigenvalue weighted by Gasteiger charge is 2.22. The molecule has 0 bridgehead atoms. The lowest BCUT2D eigenvalue weighted by atomic mass is 10.0. The van der Waals surface area contributed by atoms with Crippen LogP contribution in [0.4, 0.5) is 0 Å². The van der Waals surface area contributed by atoms with Crippen LogP contribution >= 0.6 is 39.9 Å². The molecule has 2 rings (SSSR count). The van der Waals surface area contributed by atoms with E-state index in [2.05, 4.69) is 55.6 Å². The van der Waals surface area contributed by atoms with Crippen molar-refractivity contribution in [3.8, 4) is 0 Å². The van der Waals surface area contributed by atoms with Gasteiger partial charge in [-0.3, -0.25) is 9.79 Å². The standard InChI is InChI=1S/C19H32BrN5O.HI/c1-5-21-19(24(4)14-17-12-16(20)13-23(17)3)22-10-9-18(26)25-11-7-6-8-15(25)2;/h12-13,15H,5-11,14H2,1-4H3,(H,21,22);1H. The summed E-state index contributed by atoms with van der Waals surface area (Å²) in [5.74, 6) is 1.06. The zero-order valence-corrected chi connectivity index (χ0v) is 20.8. The molecule has 1 unspecified atom stereocenters. The second-order valence-electron chi connectivity index (χ2n) is 7.03. The van der Waals surface area contributed by atoms with Crippen LogP contribution in [0.2, 0.25) is 0 Å². The summed E-state index contributed by atoms with van der Waals surface area (Å²) in [6.07, 6.45) is 5.99. The first kappa shape index (κ1) is 24.3. The van der Waals surface area contributed by atoms with Gasteiger partial charge >= 0.3 is 0 Å². The molecule has 1 amide bonds. The Hall–Kier alpha value is -0.770. The number of guanidine groups is 1. The molecule has 6 nitrogen and oxygen atoms in total. The van der Waals surface area contributed by atoms with E-state index in [1.807, 2.05) is 25.2 Å². The number of carbonyl (C=O) groups is 1. The van der Waals surface area contributed by atoms with Crippen LogP contribution in [-0.4, -0.2) is 59.0 Å². The third kappa shape index (κ3) is 7.29. The number of hydrogen-bond acceptors (Lipinski definition) is 2. The number of carbonyl (C=O) groups excluding carboxylic acids is 1. The third-order valence-electron chi connectivity index (χ3n) is 4.88. The molecule has 27 heavy (non-hydrogen) atoms. The first-order valence-electron chi connectivity index (χ1n) is 9.52. The predicted molar refractivity (Wildman–Crippen MR) is 126 cm³/mol. The van der Waals surface area contributed by atoms with Gasteiger partial charge in [0.05, 0.1) is 13.1 Å². The van der Waals surface area contributed by atoms with Crippen LogP contribution in [-0.2, 0) is 18.4 Å². The number of amides is 1. The highest BCUT2D eigenvalue weighted by Crippen LogP contribution is 2.17. The number of aliphatic imine (C=N–C) groups is 1. The molecule has 0 radical (unpaired) electrons. The topological polar surface area (TPSA) is 52.9 Å². The summed E-state index contributed by atoms with van der Waals surface area (Å²) in [5, 5.41) is 3.32. The quantitative estimate of drug-likeness (QED) is 0.333. The molecular formula is C19H33BrIN5O. The molecule has 8 heteroatoms. The number of nitrogens with zero attached hydrogens (tertiary/aromatic N) is 4. The molecule has 1 aromatic heterocycles. The number of aromatic nitrogens is 1. The molecule has 0 aromatic carbocycles. The largest absolute Gasteiger partial charge is 0.357 e. The van der Waals surface area contributed by atoms with Crippen LogP contribution in [0.15, 0.2) is 21.7 Å². The van der Waals surface area contributed by atoms with E-state index in [1.54, 1.807) is 0 Å². The Morgan fingerprint density at radius 3 is 2.78 bits per heavy atom. The molecule has 1 saturated heterocycles. The highest BCUT2D eigenvalue weighted by molar-refractivity contribution is 14.0. The van der Waals surface area contributed by atoms with E-state index < -0.39 is 0 Å². The van der Waals surface area contributed by atoms with Gasteiger partial charge in [-0.2, -0.15) is 0 Å². The van der Waals surface area contributed by atoms with Crippen LogP contribution < -0.4 is 5.32 Å². The number of likely N-dealkylation sites (tertiary alicyclic amines) is 1. The minimum atomic E-state index is 0. The Morgan fingerprint density at radius 2 is 2.19 bits per heavy atom. The fraction of sp³-hybridized carbons (Fsp3) is 0.684. The van der Waals surface area contributed by atoms with Gasteiger partial charge in [-0.25, -0.2) is 0 Å². The number of hydrogen-bond donors (Lipinski definition) is 1. The van der Waals surface area contributed by atoms with Crippen LogP contribution in [0.3, 0.4) is 0 Å². The second-order valence-corrected chi connectivity index (χ2v) is 7.95. The summed E-state index contributed by atoms with van der Waals surface area (Å²) < 4.78 is 3.18. The molecule has 1 aliphatic heterocycles. The van der Waals surface area contributed by atoms with Gasteiger partial charge in [-0.05, 0) is 55.1 Å². The van der Waals surface area contributed by atoms with Crippen LogP contribution in [0, 0.1) is 0 Å². The maximum absolute atomic E-state index is 12.5. The molecular weight excluding hydrogens is 521 g/mol. The number of aryl methyl sites for hydroxylation is 1. The van der Waals surface area contributed by atoms with Crippen LogP contribution in [0.5, 0.6) is 0 Å². The van der Waals surface area contributed by atoms with E-state index >= 15 is 0 Å². The summed E-state index contributed by atoms with van der Waals surface area (Å²) >= 11 is 3.51. The Morgan fingerprint density at radius 1 is 1.44 bits per heavy atom. The monoisotopic (exact) mass is 553 g/mol. The van der Waals surface area contributed by atoms with E-state index in [-0.39, 0.29) is 29.9 Å². The molecule has 1 aliphatic rings. The molecule has 154 valence electrons. The molecule has 0 aliphatic carbocycles. The van der Waals surface area contributed by atoms with Gasteiger partial charge in [0.2, 0.25) is 5.91 Å². The average Bonchev–Trinajstić information content (AvgIpc) is 2.91. The lowest BCUT2D eigenvalue weighted by Crippen LogP contribution is -2.42. The van der Waals surface area contributed by atoms with Gasteiger partial charge in [0.15, 0.2) is 5.96 Å². The normalized spacial score (nSPS) is 17.4. The Balaban J connectivity index is 0.00000364. The van der Waals surface area contributed by atoms with E-state index in [1.165, 1.54) is 12.1 Å². The summed E-state index contributed by atoms with van der Waals surface area (Å²) in [4.78, 5) is 21.3. The molecule has 1 N–H and O–H groups in total. The summed E-state index contributed by atoms with van der Waals surface area (Å²) in [7, 11) is 4.06. The van der Waals surface area contributed by atoms with Gasteiger partial charge < -0.3 is 19.7 Å². The van der Waals surface area contributed by atoms with Crippen molar-refractivity contribution in [2.75, 3.05) is 26.7 Å². The van der Waals surface area contributed by atoms with Crippen molar-refractivity contribution in [3.05, 3.63) is 22.4 Å². The highest BCUT2D eigenvalue weighted by atomic mass is 127. The number of halogens is 2. The maximum Gasteiger partial charge on any atom is 0.224 e. The van der Waals surface area contributed by atoms with Crippen LogP contribution in [0.25, 0.3) is 0 Å². The van der Waals surface area contributed by atoms with Crippen molar-refractivity contribution >= 4 is 51.8 Å². The predicted octanol–water partition coefficient (Wildman–Crippen LogP) is 3.59. The number of nitrogens with one attached hydrogen (secondary N) is 1. The molecule has 0 spiro atoms. The van der Waals surface area contributed by atoms with Gasteiger partial charge in [0, 0.05) is 56.0 Å². The van der Waals surface area contributed by atoms with Gasteiger partial charge in [-0.15, -0.1) is 24.0 Å². The zero-order chi connectivity index (χ0) is 19.1. The Labute approximate surface area is 188 Å². The van der Waals surface area contributed by atoms with Crippen molar-refractivity contribution in [3.63, 3.8) is 0 Å². The fourth-order valence-corrected chi connectivity index (χ4v) is 3.95. The average molecular weight is 554 g/mol. The van der Waals surface area contributed by atoms with Crippen molar-refractivity contribution in [1.82, 2.24) is 19.7 Å². The number of piperidine rings is 1. The lowest BCUT2D eigenvalue weighted by Gasteiger charge is -2.33. The molecule has 2 heterocycles. The van der Waals surface area contributed by atoms with Gasteiger partial charge in [-0.1, -0.05) is 0 Å². The fourth-order valence-electron chi connectivity index (χ4n) is 3.38. The second kappa shape index (κ2) is 11.9. The first-order valence-corrected chi connectivity index (χ1v) is 10.3. The SMILES string of the molecule is CCNC(=NCCC(=O)N1CCCCC1C)N(C)Cc1cc(Br)cn1C.I. The molecule has 1 atom stereocenters. The van der Waals surface area contributed by atoms with Crippen molar-refractivity contribution in [2.45, 2.75) is 52.1 Å². The number of rotatable bonds is 6. The summed E-state index contributed by atoms with van der Waals surface area (Å²) in [6, 6.07) is 2.48. The van der Waals surface area contributed by atoms with Gasteiger partial charge in [0.1, 0.15) is 0 Å². The zero-order valence-electron chi connectivity index (χ0n) is 16.9. The van der Waals surface area contributed by atoms with E-state index in [9.17, 15) is 4.79 Å². The van der Waals surface area contributed by atoms with E-state index in [0.29, 0.717) is 19.0 Å². The van der Waals surface area contributed by atoms with Crippen molar-refractivity contribution in [2.24, 2.45) is 12.0 Å². The summed E-state index contributed by atoms with van der Waals surface area (Å²) in [5.41, 5.74) is 1.20. The lowest BCUT2D eigenvalue weighted by molar-refractivity contribution is -0.134. The Bertz CT molecular complexity index is 634. The maximum atomic E-state index is 12.5. The van der Waals surface area contributed by atoms with Crippen LogP contribution in [0.1, 0.15) is 45.2 Å². The molecule has 1 fully saturated rings. The van der Waals surface area contributed by atoms with E-state index in [0.717, 1.165) is 42.9 Å². The minimum absolute atomic E-state index is 0. The Kier molecular flexibility index (Phi) is 10.7. The third-order valence-corrected chi connectivity index (χ3v) is 5.31. The molecule has 0 saturated carbocycles. The van der Waals surface area contributed by atoms with Crippen molar-refractivity contribution < 1.29 is 4.79 Å². The van der Waals surface area contributed by atoms with E-state index in [4.69, 9.17) is 0 Å². The first-order chi connectivity index (χ1) is 12.4. The minimum Gasteiger partial charge on any atom is -0.357 e. The van der Waals surface area contributed by atoms with Gasteiger partial charge in [0.25, 0.3) is 0 Å². The summed E-state index contributed by atoms with van der Waals surface area (Å²) in [6.45, 7) is 7.18.